The van der Waals surface area contributed by atoms with Crippen LogP contribution in [0, 0.1) is 6.92 Å². The van der Waals surface area contributed by atoms with Crippen LogP contribution < -0.4 is 10.1 Å². The number of hydrogen-bond donors (Lipinski definition) is 1. The summed E-state index contributed by atoms with van der Waals surface area (Å²) in [6.07, 6.45) is 3.41. The third kappa shape index (κ3) is 3.62. The predicted octanol–water partition coefficient (Wildman–Crippen LogP) is 1.89. The number of carbonyl (C=O) groups excluding carboxylic acids is 1. The molecule has 7 heteroatoms. The van der Waals surface area contributed by atoms with Crippen LogP contribution in [-0.2, 0) is 20.3 Å². The number of aromatic nitrogens is 4. The predicted molar refractivity (Wildman–Crippen MR) is 88.4 cm³/mol. The maximum atomic E-state index is 12.1. The number of ether oxygens (including phenoxy) is 1. The first-order valence-electron chi connectivity index (χ1n) is 7.60. The van der Waals surface area contributed by atoms with Crippen molar-refractivity contribution < 1.29 is 9.53 Å². The Morgan fingerprint density at radius 1 is 1.25 bits per heavy atom. The molecule has 0 aliphatic rings. The minimum atomic E-state index is -0.231. The van der Waals surface area contributed by atoms with Gasteiger partial charge in [-0.2, -0.15) is 10.2 Å². The van der Waals surface area contributed by atoms with Crippen molar-refractivity contribution in [1.29, 1.82) is 0 Å². The summed E-state index contributed by atoms with van der Waals surface area (Å²) in [6.45, 7) is 2.64. The Labute approximate surface area is 139 Å². The van der Waals surface area contributed by atoms with Gasteiger partial charge in [0.1, 0.15) is 11.4 Å². The Morgan fingerprint density at radius 3 is 2.83 bits per heavy atom. The first kappa shape index (κ1) is 15.8. The van der Waals surface area contributed by atoms with Gasteiger partial charge in [0.05, 0.1) is 12.2 Å². The lowest BCUT2D eigenvalue weighted by Crippen LogP contribution is -2.24. The fourth-order valence-electron chi connectivity index (χ4n) is 2.24. The molecule has 0 saturated heterocycles. The smallest absolute Gasteiger partial charge is 0.272 e. The van der Waals surface area contributed by atoms with Gasteiger partial charge < -0.3 is 10.1 Å². The van der Waals surface area contributed by atoms with Crippen molar-refractivity contribution in [3.63, 3.8) is 0 Å². The molecule has 1 N–H and O–H groups in total. The fraction of sp³-hybridized carbons (Fsp3) is 0.235. The molecule has 0 fully saturated rings. The maximum Gasteiger partial charge on any atom is 0.272 e. The van der Waals surface area contributed by atoms with E-state index in [1.807, 2.05) is 44.3 Å². The van der Waals surface area contributed by atoms with E-state index in [9.17, 15) is 4.79 Å². The van der Waals surface area contributed by atoms with Crippen LogP contribution in [-0.4, -0.2) is 25.5 Å². The van der Waals surface area contributed by atoms with Gasteiger partial charge in [-0.15, -0.1) is 0 Å². The molecule has 24 heavy (non-hydrogen) atoms. The monoisotopic (exact) mass is 325 g/mol. The number of aryl methyl sites for hydroxylation is 2. The standard InChI is InChI=1S/C17H19N5O2/c1-13-5-3-4-6-16(13)24-12-22-10-8-15(20-22)17(23)18-11-14-7-9-19-21(14)2/h3-10H,11-12H2,1-2H3,(H,18,23). The summed E-state index contributed by atoms with van der Waals surface area (Å²) < 4.78 is 9.01. The molecule has 1 amide bonds. The summed E-state index contributed by atoms with van der Waals surface area (Å²) in [7, 11) is 1.83. The van der Waals surface area contributed by atoms with Gasteiger partial charge in [-0.1, -0.05) is 18.2 Å². The van der Waals surface area contributed by atoms with Crippen molar-refractivity contribution in [3.8, 4) is 5.75 Å². The van der Waals surface area contributed by atoms with E-state index in [0.29, 0.717) is 12.2 Å². The minimum absolute atomic E-state index is 0.231. The molecular formula is C17H19N5O2. The molecule has 0 bridgehead atoms. The topological polar surface area (TPSA) is 74.0 Å². The molecule has 0 aliphatic heterocycles. The van der Waals surface area contributed by atoms with Gasteiger partial charge in [-0.3, -0.25) is 9.48 Å². The van der Waals surface area contributed by atoms with Crippen LogP contribution in [0.15, 0.2) is 48.8 Å². The van der Waals surface area contributed by atoms with E-state index in [1.54, 1.807) is 27.8 Å². The van der Waals surface area contributed by atoms with Gasteiger partial charge >= 0.3 is 0 Å². The van der Waals surface area contributed by atoms with Gasteiger partial charge in [-0.05, 0) is 30.7 Å². The van der Waals surface area contributed by atoms with Gasteiger partial charge in [0.25, 0.3) is 5.91 Å². The molecule has 124 valence electrons. The highest BCUT2D eigenvalue weighted by atomic mass is 16.5. The summed E-state index contributed by atoms with van der Waals surface area (Å²) in [4.78, 5) is 12.1. The van der Waals surface area contributed by atoms with Crippen molar-refractivity contribution in [2.24, 2.45) is 7.05 Å². The minimum Gasteiger partial charge on any atom is -0.471 e. The highest BCUT2D eigenvalue weighted by Gasteiger charge is 2.10. The third-order valence-electron chi connectivity index (χ3n) is 3.67. The average Bonchev–Trinajstić information content (AvgIpc) is 3.21. The van der Waals surface area contributed by atoms with Gasteiger partial charge in [0, 0.05) is 19.4 Å². The third-order valence-corrected chi connectivity index (χ3v) is 3.67. The van der Waals surface area contributed by atoms with E-state index in [-0.39, 0.29) is 12.6 Å². The van der Waals surface area contributed by atoms with Crippen molar-refractivity contribution in [1.82, 2.24) is 24.9 Å². The zero-order valence-electron chi connectivity index (χ0n) is 13.6. The van der Waals surface area contributed by atoms with Crippen molar-refractivity contribution in [2.45, 2.75) is 20.2 Å². The summed E-state index contributed by atoms with van der Waals surface area (Å²) in [5.41, 5.74) is 2.33. The normalized spacial score (nSPS) is 10.6. The molecule has 2 aromatic heterocycles. The summed E-state index contributed by atoms with van der Waals surface area (Å²) >= 11 is 0. The lowest BCUT2D eigenvalue weighted by molar-refractivity contribution is 0.0943. The maximum absolute atomic E-state index is 12.1. The second kappa shape index (κ2) is 6.99. The summed E-state index contributed by atoms with van der Waals surface area (Å²) in [5.74, 6) is 0.570. The second-order valence-corrected chi connectivity index (χ2v) is 5.41. The van der Waals surface area contributed by atoms with Crippen LogP contribution in [0.5, 0.6) is 5.75 Å². The highest BCUT2D eigenvalue weighted by Crippen LogP contribution is 2.16. The molecular weight excluding hydrogens is 306 g/mol. The highest BCUT2D eigenvalue weighted by molar-refractivity contribution is 5.92. The molecule has 0 saturated carbocycles. The molecule has 0 radical (unpaired) electrons. The number of rotatable bonds is 6. The molecule has 7 nitrogen and oxygen atoms in total. The number of nitrogens with one attached hydrogen (secondary N) is 1. The number of para-hydroxylation sites is 1. The van der Waals surface area contributed by atoms with Crippen molar-refractivity contribution in [2.75, 3.05) is 0 Å². The molecule has 3 aromatic rings. The van der Waals surface area contributed by atoms with Gasteiger partial charge in [0.15, 0.2) is 6.73 Å². The Hall–Kier alpha value is -3.09. The number of carbonyl (C=O) groups is 1. The largest absolute Gasteiger partial charge is 0.471 e. The number of hydrogen-bond acceptors (Lipinski definition) is 4. The van der Waals surface area contributed by atoms with E-state index >= 15 is 0 Å². The van der Waals surface area contributed by atoms with Crippen LogP contribution in [0.25, 0.3) is 0 Å². The van der Waals surface area contributed by atoms with E-state index in [4.69, 9.17) is 4.74 Å². The van der Waals surface area contributed by atoms with Crippen LogP contribution in [0.1, 0.15) is 21.7 Å². The molecule has 0 aliphatic carbocycles. The van der Waals surface area contributed by atoms with Crippen molar-refractivity contribution >= 4 is 5.91 Å². The Balaban J connectivity index is 1.56. The van der Waals surface area contributed by atoms with Gasteiger partial charge in [-0.25, -0.2) is 4.68 Å². The van der Waals surface area contributed by atoms with Crippen LogP contribution in [0.3, 0.4) is 0 Å². The number of nitrogens with zero attached hydrogens (tertiary/aromatic N) is 4. The zero-order valence-corrected chi connectivity index (χ0v) is 13.6. The second-order valence-electron chi connectivity index (χ2n) is 5.41. The zero-order chi connectivity index (χ0) is 16.9. The lowest BCUT2D eigenvalue weighted by Gasteiger charge is -2.08. The quantitative estimate of drug-likeness (QED) is 0.751. The molecule has 1 aromatic carbocycles. The SMILES string of the molecule is Cc1ccccc1OCn1ccc(C(=O)NCc2ccnn2C)n1. The van der Waals surface area contributed by atoms with Crippen LogP contribution >= 0.6 is 0 Å². The molecule has 0 atom stereocenters. The fourth-order valence-corrected chi connectivity index (χ4v) is 2.24. The first-order valence-corrected chi connectivity index (χ1v) is 7.60. The Bertz CT molecular complexity index is 837. The van der Waals surface area contributed by atoms with E-state index < -0.39 is 0 Å². The molecule has 0 spiro atoms. The van der Waals surface area contributed by atoms with Crippen LogP contribution in [0.4, 0.5) is 0 Å². The molecule has 3 rings (SSSR count). The van der Waals surface area contributed by atoms with Crippen LogP contribution in [0.2, 0.25) is 0 Å². The van der Waals surface area contributed by atoms with Crippen molar-refractivity contribution in [3.05, 3.63) is 65.7 Å². The lowest BCUT2D eigenvalue weighted by atomic mass is 10.2. The number of amides is 1. The van der Waals surface area contributed by atoms with E-state index in [1.165, 1.54) is 0 Å². The molecule has 2 heterocycles. The summed E-state index contributed by atoms with van der Waals surface area (Å²) in [6, 6.07) is 11.3. The van der Waals surface area contributed by atoms with Gasteiger partial charge in [0.2, 0.25) is 0 Å². The van der Waals surface area contributed by atoms with E-state index in [0.717, 1.165) is 17.0 Å². The first-order chi connectivity index (χ1) is 11.6. The Kier molecular flexibility index (Phi) is 4.60. The van der Waals surface area contributed by atoms with E-state index in [2.05, 4.69) is 15.5 Å². The number of benzene rings is 1. The average molecular weight is 325 g/mol. The molecule has 0 unspecified atom stereocenters. The Morgan fingerprint density at radius 2 is 2.08 bits per heavy atom. The summed E-state index contributed by atoms with van der Waals surface area (Å²) in [5, 5.41) is 11.1.